The number of carbonyl (C=O) groups excluding carboxylic acids is 5. The van der Waals surface area contributed by atoms with Gasteiger partial charge in [-0.05, 0) is 62.2 Å². The van der Waals surface area contributed by atoms with E-state index in [4.69, 9.17) is 0 Å². The Morgan fingerprint density at radius 2 is 1.69 bits per heavy atom. The van der Waals surface area contributed by atoms with E-state index in [0.29, 0.717) is 45.1 Å². The van der Waals surface area contributed by atoms with Gasteiger partial charge in [0.2, 0.25) is 17.6 Å². The summed E-state index contributed by atoms with van der Waals surface area (Å²) in [6.07, 6.45) is 10.5. The summed E-state index contributed by atoms with van der Waals surface area (Å²) in [5.41, 5.74) is -1.62. The molecule has 48 heavy (non-hydrogen) atoms. The van der Waals surface area contributed by atoms with Crippen LogP contribution in [0.3, 0.4) is 0 Å². The first-order chi connectivity index (χ1) is 22.6. The second-order valence-electron chi connectivity index (χ2n) is 15.5. The Morgan fingerprint density at radius 3 is 2.29 bits per heavy atom. The van der Waals surface area contributed by atoms with E-state index in [2.05, 4.69) is 27.8 Å². The Kier molecular flexibility index (Phi) is 12.4. The molecule has 13 heteroatoms. The molecule has 2 aliphatic heterocycles. The number of unbranched alkanes of at least 4 members (excludes halogenated alkanes) is 1. The molecule has 12 nitrogen and oxygen atoms in total. The van der Waals surface area contributed by atoms with Crippen LogP contribution < -0.4 is 21.3 Å². The summed E-state index contributed by atoms with van der Waals surface area (Å²) in [6.45, 7) is 11.5. The molecule has 0 radical (unpaired) electrons. The maximum absolute atomic E-state index is 14.5. The van der Waals surface area contributed by atoms with Crippen molar-refractivity contribution in [2.45, 2.75) is 140 Å². The van der Waals surface area contributed by atoms with Crippen LogP contribution in [0.15, 0.2) is 12.7 Å². The fourth-order valence-corrected chi connectivity index (χ4v) is 10.9. The lowest BCUT2D eigenvalue weighted by molar-refractivity contribution is -0.144. The summed E-state index contributed by atoms with van der Waals surface area (Å²) in [7, 11) is -3.35. The molecular weight excluding hydrogens is 634 g/mol. The molecule has 6 atom stereocenters. The number of fused-ring (bicyclic) bond motifs is 1. The van der Waals surface area contributed by atoms with Gasteiger partial charge in [-0.25, -0.2) is 13.2 Å². The molecule has 0 aromatic heterocycles. The second kappa shape index (κ2) is 15.7. The molecule has 0 aromatic rings. The van der Waals surface area contributed by atoms with Crippen molar-refractivity contribution < 1.29 is 32.4 Å². The molecule has 2 heterocycles. The van der Waals surface area contributed by atoms with Crippen LogP contribution in [0, 0.1) is 17.3 Å². The molecule has 5 amide bonds. The first-order valence-corrected chi connectivity index (χ1v) is 19.7. The minimum Gasteiger partial charge on any atom is -0.346 e. The Labute approximate surface area is 286 Å². The third kappa shape index (κ3) is 8.42. The van der Waals surface area contributed by atoms with Gasteiger partial charge in [0.05, 0.1) is 22.6 Å². The van der Waals surface area contributed by atoms with Gasteiger partial charge < -0.3 is 26.2 Å². The van der Waals surface area contributed by atoms with Crippen LogP contribution >= 0.6 is 0 Å². The standard InChI is InChI=1S/C35H57N5O7S/c1-6-8-16-25(28(41)31(43)36-20-7-2)37-30(42)27-24-15-12-14-23(24)22-40(27)32(44)29(34(3,4)5)38-33(45)39-35(18-10-9-11-19-35)26-17-13-21-48(26,46)47/h7,23-27,29H,2,6,8-22H2,1,3-5H3,(H,36,43)(H,37,42)(H2,38,39,45)/t23-,24-,25-,26-,27-,29+/m0/s1. The number of nitrogens with zero attached hydrogens (tertiary/aromatic N) is 1. The molecule has 4 N–H and O–H groups in total. The molecule has 2 aliphatic carbocycles. The smallest absolute Gasteiger partial charge is 0.315 e. The third-order valence-electron chi connectivity index (χ3n) is 11.0. The summed E-state index contributed by atoms with van der Waals surface area (Å²) in [4.78, 5) is 69.6. The van der Waals surface area contributed by atoms with E-state index in [1.807, 2.05) is 27.7 Å². The van der Waals surface area contributed by atoms with Crippen LogP contribution in [0.1, 0.15) is 111 Å². The lowest BCUT2D eigenvalue weighted by atomic mass is 9.78. The van der Waals surface area contributed by atoms with E-state index in [9.17, 15) is 32.4 Å². The fourth-order valence-electron chi connectivity index (χ4n) is 8.54. The van der Waals surface area contributed by atoms with Crippen LogP contribution in [0.2, 0.25) is 0 Å². The van der Waals surface area contributed by atoms with Crippen LogP contribution in [-0.4, -0.2) is 90.6 Å². The van der Waals surface area contributed by atoms with Crippen molar-refractivity contribution in [1.29, 1.82) is 0 Å². The van der Waals surface area contributed by atoms with Crippen molar-refractivity contribution in [3.63, 3.8) is 0 Å². The van der Waals surface area contributed by atoms with E-state index >= 15 is 0 Å². The summed E-state index contributed by atoms with van der Waals surface area (Å²) in [5.74, 6) is -2.25. The Morgan fingerprint density at radius 1 is 0.979 bits per heavy atom. The van der Waals surface area contributed by atoms with Gasteiger partial charge in [0.1, 0.15) is 12.1 Å². The van der Waals surface area contributed by atoms with E-state index in [1.165, 1.54) is 6.08 Å². The van der Waals surface area contributed by atoms with Crippen molar-refractivity contribution >= 4 is 39.4 Å². The number of carbonyl (C=O) groups is 5. The molecule has 4 fully saturated rings. The molecule has 0 unspecified atom stereocenters. The number of nitrogens with one attached hydrogen (secondary N) is 4. The third-order valence-corrected chi connectivity index (χ3v) is 13.4. The minimum atomic E-state index is -3.35. The highest BCUT2D eigenvalue weighted by Gasteiger charge is 2.53. The number of ketones is 1. The maximum Gasteiger partial charge on any atom is 0.315 e. The van der Waals surface area contributed by atoms with E-state index in [-0.39, 0.29) is 24.1 Å². The van der Waals surface area contributed by atoms with E-state index in [1.54, 1.807) is 4.90 Å². The number of urea groups is 1. The first kappa shape index (κ1) is 37.9. The van der Waals surface area contributed by atoms with Crippen molar-refractivity contribution in [3.8, 4) is 0 Å². The zero-order chi connectivity index (χ0) is 35.3. The van der Waals surface area contributed by atoms with E-state index < -0.39 is 73.7 Å². The summed E-state index contributed by atoms with van der Waals surface area (Å²) < 4.78 is 26.1. The average molecular weight is 692 g/mol. The number of amides is 5. The second-order valence-corrected chi connectivity index (χ2v) is 17.8. The molecule has 0 aromatic carbocycles. The van der Waals surface area contributed by atoms with E-state index in [0.717, 1.165) is 44.9 Å². The SMILES string of the molecule is C=CCNC(=O)C(=O)[C@H](CCCC)NC(=O)[C@@H]1[C@H]2CCC[C@H]2CN1C(=O)[C@@H](NC(=O)NC1([C@@H]2CCCS2(=O)=O)CCCCC1)C(C)(C)C. The number of hydrogen-bond acceptors (Lipinski definition) is 7. The fraction of sp³-hybridized carbons (Fsp3) is 0.800. The Hall–Kier alpha value is -2.96. The highest BCUT2D eigenvalue weighted by atomic mass is 32.2. The monoisotopic (exact) mass is 691 g/mol. The lowest BCUT2D eigenvalue weighted by Crippen LogP contribution is -2.65. The van der Waals surface area contributed by atoms with Gasteiger partial charge in [-0.15, -0.1) is 6.58 Å². The lowest BCUT2D eigenvalue weighted by Gasteiger charge is -2.43. The molecule has 2 saturated heterocycles. The van der Waals surface area contributed by atoms with Gasteiger partial charge in [-0.3, -0.25) is 19.2 Å². The molecular formula is C35H57N5O7S. The zero-order valence-electron chi connectivity index (χ0n) is 29.3. The largest absolute Gasteiger partial charge is 0.346 e. The van der Waals surface area contributed by atoms with Crippen LogP contribution in [-0.2, 0) is 29.0 Å². The summed E-state index contributed by atoms with van der Waals surface area (Å²) in [5, 5.41) is 10.7. The van der Waals surface area contributed by atoms with Crippen molar-refractivity contribution in [3.05, 3.63) is 12.7 Å². The quantitative estimate of drug-likeness (QED) is 0.170. The summed E-state index contributed by atoms with van der Waals surface area (Å²) >= 11 is 0. The zero-order valence-corrected chi connectivity index (χ0v) is 30.1. The molecule has 2 saturated carbocycles. The minimum absolute atomic E-state index is 0.0991. The number of hydrogen-bond donors (Lipinski definition) is 4. The number of Topliss-reactive ketones (excluding diaryl/α,β-unsaturated/α-hetero) is 1. The Bertz CT molecular complexity index is 1340. The molecule has 4 aliphatic rings. The number of sulfone groups is 1. The van der Waals surface area contributed by atoms with Gasteiger partial charge in [-0.2, -0.15) is 0 Å². The van der Waals surface area contributed by atoms with Gasteiger partial charge in [-0.1, -0.05) is 72.3 Å². The molecule has 270 valence electrons. The van der Waals surface area contributed by atoms with Gasteiger partial charge in [0.15, 0.2) is 9.84 Å². The normalized spacial score (nSPS) is 27.3. The van der Waals surface area contributed by atoms with Crippen LogP contribution in [0.25, 0.3) is 0 Å². The summed E-state index contributed by atoms with van der Waals surface area (Å²) in [6, 6.07) is -3.46. The van der Waals surface area contributed by atoms with Gasteiger partial charge in [0.25, 0.3) is 5.91 Å². The predicted octanol–water partition coefficient (Wildman–Crippen LogP) is 3.15. The van der Waals surface area contributed by atoms with Crippen LogP contribution in [0.4, 0.5) is 4.79 Å². The van der Waals surface area contributed by atoms with Crippen molar-refractivity contribution in [2.24, 2.45) is 17.3 Å². The average Bonchev–Trinajstić information content (AvgIpc) is 3.74. The molecule has 0 bridgehead atoms. The first-order valence-electron chi connectivity index (χ1n) is 18.0. The molecule has 0 spiro atoms. The number of likely N-dealkylation sites (tertiary alicyclic amines) is 1. The van der Waals surface area contributed by atoms with Gasteiger partial charge in [0, 0.05) is 13.1 Å². The predicted molar refractivity (Wildman–Crippen MR) is 184 cm³/mol. The highest BCUT2D eigenvalue weighted by Crippen LogP contribution is 2.43. The molecule has 4 rings (SSSR count). The van der Waals surface area contributed by atoms with Crippen molar-refractivity contribution in [1.82, 2.24) is 26.2 Å². The van der Waals surface area contributed by atoms with Crippen molar-refractivity contribution in [2.75, 3.05) is 18.8 Å². The number of rotatable bonds is 13. The van der Waals surface area contributed by atoms with Gasteiger partial charge >= 0.3 is 6.03 Å². The van der Waals surface area contributed by atoms with Crippen LogP contribution in [0.5, 0.6) is 0 Å². The Balaban J connectivity index is 1.56. The topological polar surface area (TPSA) is 171 Å². The maximum atomic E-state index is 14.5. The highest BCUT2D eigenvalue weighted by molar-refractivity contribution is 7.92.